The van der Waals surface area contributed by atoms with Crippen LogP contribution in [0.2, 0.25) is 0 Å². The molecule has 0 heterocycles. The minimum Gasteiger partial charge on any atom is -0.466 e. The molecule has 6 heteroatoms. The van der Waals surface area contributed by atoms with Crippen LogP contribution >= 0.6 is 0 Å². The highest BCUT2D eigenvalue weighted by Gasteiger charge is 2.20. The van der Waals surface area contributed by atoms with Gasteiger partial charge in [-0.25, -0.2) is 0 Å². The molecule has 0 spiro atoms. The van der Waals surface area contributed by atoms with Crippen molar-refractivity contribution in [3.8, 4) is 0 Å². The third-order valence-corrected chi connectivity index (χ3v) is 14.3. The summed E-state index contributed by atoms with van der Waals surface area (Å²) in [7, 11) is 0. The number of allylic oxidation sites excluding steroid dienone is 2. The second kappa shape index (κ2) is 57.2. The minimum absolute atomic E-state index is 0.00834. The van der Waals surface area contributed by atoms with Gasteiger partial charge in [0.2, 0.25) is 5.91 Å². The molecule has 0 rings (SSSR count). The number of hydrogen-bond donors (Lipinski definition) is 3. The summed E-state index contributed by atoms with van der Waals surface area (Å²) >= 11 is 0. The van der Waals surface area contributed by atoms with E-state index in [-0.39, 0.29) is 18.5 Å². The third-order valence-electron chi connectivity index (χ3n) is 14.3. The van der Waals surface area contributed by atoms with E-state index in [9.17, 15) is 19.8 Å². The monoisotopic (exact) mass is 946 g/mol. The summed E-state index contributed by atoms with van der Waals surface area (Å²) < 4.78 is 5.46. The van der Waals surface area contributed by atoms with Crippen molar-refractivity contribution in [2.75, 3.05) is 13.2 Å². The molecule has 2 unspecified atom stereocenters. The highest BCUT2D eigenvalue weighted by atomic mass is 16.5. The summed E-state index contributed by atoms with van der Waals surface area (Å²) in [6, 6.07) is -0.548. The summed E-state index contributed by atoms with van der Waals surface area (Å²) in [6.45, 7) is 4.94. The van der Waals surface area contributed by atoms with Gasteiger partial charge in [0.25, 0.3) is 0 Å². The predicted molar refractivity (Wildman–Crippen MR) is 292 cm³/mol. The number of ether oxygens (including phenoxy) is 1. The standard InChI is InChI=1S/C61H119NO5/c1-3-5-7-9-11-13-15-17-18-19-20-21-22-23-24-25-27-30-33-37-41-45-49-53-59(64)58(57-63)62-60(65)54-50-46-42-38-34-31-28-26-29-32-36-40-44-48-52-56-67-61(66)55-51-47-43-39-35-16-14-12-10-8-6-4-2/h12,14,58-59,63-64H,3-11,13,15-57H2,1-2H3,(H,62,65)/b14-12-. The molecule has 0 radical (unpaired) electrons. The van der Waals surface area contributed by atoms with Crippen molar-refractivity contribution >= 4 is 11.9 Å². The molecule has 6 nitrogen and oxygen atoms in total. The van der Waals surface area contributed by atoms with E-state index >= 15 is 0 Å². The number of aliphatic hydroxyl groups excluding tert-OH is 2. The Kier molecular flexibility index (Phi) is 56.0. The molecule has 0 aliphatic rings. The first kappa shape index (κ1) is 65.6. The van der Waals surface area contributed by atoms with E-state index in [0.29, 0.717) is 25.9 Å². The second-order valence-electron chi connectivity index (χ2n) is 21.0. The van der Waals surface area contributed by atoms with Crippen molar-refractivity contribution in [1.29, 1.82) is 0 Å². The maximum atomic E-state index is 12.5. The normalized spacial score (nSPS) is 12.6. The molecule has 0 aromatic rings. The molecule has 3 N–H and O–H groups in total. The van der Waals surface area contributed by atoms with Gasteiger partial charge in [0.15, 0.2) is 0 Å². The quantitative estimate of drug-likeness (QED) is 0.0321. The Balaban J connectivity index is 3.43. The fraction of sp³-hybridized carbons (Fsp3) is 0.934. The number of carbonyl (C=O) groups is 2. The number of carbonyl (C=O) groups excluding carboxylic acids is 2. The van der Waals surface area contributed by atoms with E-state index in [4.69, 9.17) is 4.74 Å². The average Bonchev–Trinajstić information content (AvgIpc) is 3.33. The lowest BCUT2D eigenvalue weighted by atomic mass is 10.0. The highest BCUT2D eigenvalue weighted by molar-refractivity contribution is 5.76. The summed E-state index contributed by atoms with van der Waals surface area (Å²) in [4.78, 5) is 24.5. The molecule has 1 amide bonds. The summed E-state index contributed by atoms with van der Waals surface area (Å²) in [6.07, 6.45) is 67.8. The van der Waals surface area contributed by atoms with Gasteiger partial charge in [-0.05, 0) is 51.4 Å². The Labute approximate surface area is 419 Å². The number of amides is 1. The van der Waals surface area contributed by atoms with Crippen LogP contribution in [0.4, 0.5) is 0 Å². The van der Waals surface area contributed by atoms with Gasteiger partial charge in [-0.2, -0.15) is 0 Å². The van der Waals surface area contributed by atoms with Gasteiger partial charge in [0.1, 0.15) is 0 Å². The van der Waals surface area contributed by atoms with Gasteiger partial charge in [0.05, 0.1) is 25.4 Å². The molecule has 0 aromatic heterocycles. The number of aliphatic hydroxyl groups is 2. The molecule has 0 fully saturated rings. The Bertz CT molecular complexity index is 1000. The number of unbranched alkanes of at least 4 members (excludes halogenated alkanes) is 44. The topological polar surface area (TPSA) is 95.9 Å². The number of nitrogens with one attached hydrogen (secondary N) is 1. The van der Waals surface area contributed by atoms with Crippen LogP contribution in [0.1, 0.15) is 341 Å². The van der Waals surface area contributed by atoms with Crippen LogP contribution in [0.5, 0.6) is 0 Å². The highest BCUT2D eigenvalue weighted by Crippen LogP contribution is 2.18. The zero-order chi connectivity index (χ0) is 48.6. The molecular weight excluding hydrogens is 827 g/mol. The second-order valence-corrected chi connectivity index (χ2v) is 21.0. The molecule has 398 valence electrons. The maximum Gasteiger partial charge on any atom is 0.305 e. The smallest absolute Gasteiger partial charge is 0.305 e. The lowest BCUT2D eigenvalue weighted by Gasteiger charge is -2.22. The Morgan fingerprint density at radius 2 is 0.701 bits per heavy atom. The largest absolute Gasteiger partial charge is 0.466 e. The summed E-state index contributed by atoms with van der Waals surface area (Å²) in [5.41, 5.74) is 0. The zero-order valence-corrected chi connectivity index (χ0v) is 45.4. The van der Waals surface area contributed by atoms with E-state index in [1.165, 1.54) is 257 Å². The molecule has 0 saturated carbocycles. The van der Waals surface area contributed by atoms with Gasteiger partial charge in [-0.15, -0.1) is 0 Å². The van der Waals surface area contributed by atoms with Crippen LogP contribution in [-0.2, 0) is 14.3 Å². The van der Waals surface area contributed by atoms with Crippen molar-refractivity contribution in [2.24, 2.45) is 0 Å². The Morgan fingerprint density at radius 1 is 0.403 bits per heavy atom. The van der Waals surface area contributed by atoms with Crippen LogP contribution in [0.25, 0.3) is 0 Å². The van der Waals surface area contributed by atoms with Gasteiger partial charge < -0.3 is 20.3 Å². The van der Waals surface area contributed by atoms with E-state index < -0.39 is 12.1 Å². The summed E-state index contributed by atoms with van der Waals surface area (Å²) in [5.74, 6) is -0.0481. The number of rotatable bonds is 57. The van der Waals surface area contributed by atoms with Gasteiger partial charge >= 0.3 is 5.97 Å². The fourth-order valence-corrected chi connectivity index (χ4v) is 9.64. The zero-order valence-electron chi connectivity index (χ0n) is 45.4. The van der Waals surface area contributed by atoms with E-state index in [1.807, 2.05) is 0 Å². The van der Waals surface area contributed by atoms with E-state index in [0.717, 1.165) is 51.4 Å². The van der Waals surface area contributed by atoms with Crippen LogP contribution in [0.15, 0.2) is 12.2 Å². The number of hydrogen-bond acceptors (Lipinski definition) is 5. The molecule has 0 saturated heterocycles. The molecule has 2 atom stereocenters. The lowest BCUT2D eigenvalue weighted by Crippen LogP contribution is -2.45. The number of esters is 1. The van der Waals surface area contributed by atoms with Gasteiger partial charge in [-0.3, -0.25) is 9.59 Å². The minimum atomic E-state index is -0.671. The molecular formula is C61H119NO5. The first-order chi connectivity index (χ1) is 33.0. The van der Waals surface area contributed by atoms with E-state index in [1.54, 1.807) is 0 Å². The van der Waals surface area contributed by atoms with Crippen LogP contribution in [0, 0.1) is 0 Å². The van der Waals surface area contributed by atoms with Crippen LogP contribution in [-0.4, -0.2) is 47.4 Å². The van der Waals surface area contributed by atoms with Gasteiger partial charge in [-0.1, -0.05) is 289 Å². The Hall–Kier alpha value is -1.40. The first-order valence-corrected chi connectivity index (χ1v) is 30.4. The average molecular weight is 947 g/mol. The predicted octanol–water partition coefficient (Wildman–Crippen LogP) is 18.9. The molecule has 0 bridgehead atoms. The van der Waals surface area contributed by atoms with Crippen molar-refractivity contribution in [3.63, 3.8) is 0 Å². The lowest BCUT2D eigenvalue weighted by molar-refractivity contribution is -0.143. The van der Waals surface area contributed by atoms with Crippen LogP contribution < -0.4 is 5.32 Å². The van der Waals surface area contributed by atoms with Crippen molar-refractivity contribution in [1.82, 2.24) is 5.32 Å². The SMILES string of the molecule is CCCCC/C=C\CCCCCCCC(=O)OCCCCCCCCCCCCCCCCCC(=O)NC(CO)C(O)CCCCCCCCCCCCCCCCCCCCCCCCC. The fourth-order valence-electron chi connectivity index (χ4n) is 9.64. The Morgan fingerprint density at radius 3 is 1.09 bits per heavy atom. The van der Waals surface area contributed by atoms with E-state index in [2.05, 4.69) is 31.3 Å². The maximum absolute atomic E-state index is 12.5. The first-order valence-electron chi connectivity index (χ1n) is 30.4. The van der Waals surface area contributed by atoms with Crippen molar-refractivity contribution < 1.29 is 24.5 Å². The molecule has 0 aliphatic heterocycles. The van der Waals surface area contributed by atoms with Crippen molar-refractivity contribution in [3.05, 3.63) is 12.2 Å². The third kappa shape index (κ3) is 53.8. The molecule has 67 heavy (non-hydrogen) atoms. The van der Waals surface area contributed by atoms with Crippen molar-refractivity contribution in [2.45, 2.75) is 353 Å². The molecule has 0 aliphatic carbocycles. The van der Waals surface area contributed by atoms with Crippen LogP contribution in [0.3, 0.4) is 0 Å². The summed E-state index contributed by atoms with van der Waals surface area (Å²) in [5, 5.41) is 23.4. The van der Waals surface area contributed by atoms with Gasteiger partial charge in [0, 0.05) is 12.8 Å². The molecule has 0 aromatic carbocycles.